The molecule has 3 aliphatic rings. The van der Waals surface area contributed by atoms with Gasteiger partial charge in [0, 0.05) is 10.7 Å². The van der Waals surface area contributed by atoms with E-state index in [9.17, 15) is 0 Å². The van der Waals surface area contributed by atoms with E-state index in [4.69, 9.17) is 17.1 Å². The van der Waals surface area contributed by atoms with E-state index in [0.29, 0.717) is 11.2 Å². The Morgan fingerprint density at radius 3 is 2.49 bits per heavy atom. The molecule has 0 bridgehead atoms. The van der Waals surface area contributed by atoms with Crippen LogP contribution < -0.4 is 5.73 Å². The number of fused-ring (bicyclic) bond motifs is 1. The van der Waals surface area contributed by atoms with E-state index in [-0.39, 0.29) is 11.5 Å². The molecule has 0 fully saturated rings. The van der Waals surface area contributed by atoms with Gasteiger partial charge in [-0.25, -0.2) is 0 Å². The van der Waals surface area contributed by atoms with Crippen LogP contribution in [0.25, 0.3) is 11.1 Å². The fraction of sp³-hybridized carbons (Fsp3) is 0.472. The Morgan fingerprint density at radius 2 is 1.85 bits per heavy atom. The van der Waals surface area contributed by atoms with Gasteiger partial charge in [-0.2, -0.15) is 0 Å². The number of terminal acetylenes is 1. The fourth-order valence-corrected chi connectivity index (χ4v) is 8.88. The molecule has 2 N–H and O–H groups in total. The van der Waals surface area contributed by atoms with Gasteiger partial charge in [-0.3, -0.25) is 4.99 Å². The van der Waals surface area contributed by atoms with E-state index >= 15 is 0 Å². The first-order valence-corrected chi connectivity index (χ1v) is 15.5. The molecule has 0 aromatic heterocycles. The summed E-state index contributed by atoms with van der Waals surface area (Å²) in [6.07, 6.45) is 21.9. The van der Waals surface area contributed by atoms with Crippen LogP contribution in [0.15, 0.2) is 75.2 Å². The molecular weight excluding hydrogens is 492 g/mol. The molecule has 0 saturated heterocycles. The van der Waals surface area contributed by atoms with Gasteiger partial charge in [-0.15, -0.1) is 18.2 Å². The molecule has 0 radical (unpaired) electrons. The lowest BCUT2D eigenvalue weighted by Gasteiger charge is -2.46. The number of aliphatic imine (C=N–C) groups is 1. The van der Waals surface area contributed by atoms with E-state index in [0.717, 1.165) is 24.8 Å². The van der Waals surface area contributed by atoms with Crippen LogP contribution in [-0.2, 0) is 0 Å². The molecular formula is C36H46N2S. The number of thioether (sulfide) groups is 1. The van der Waals surface area contributed by atoms with Crippen LogP contribution in [0.1, 0.15) is 91.7 Å². The smallest absolute Gasteiger partial charge is 0.0860 e. The highest BCUT2D eigenvalue weighted by molar-refractivity contribution is 8.04. The molecule has 0 saturated carbocycles. The second-order valence-electron chi connectivity index (χ2n) is 11.8. The van der Waals surface area contributed by atoms with Gasteiger partial charge >= 0.3 is 0 Å². The number of hydrogen-bond donors (Lipinski definition) is 1. The Bertz CT molecular complexity index is 1330. The first-order valence-electron chi connectivity index (χ1n) is 14.7. The molecule has 4 atom stereocenters. The van der Waals surface area contributed by atoms with Crippen molar-refractivity contribution in [3.8, 4) is 12.3 Å². The average molecular weight is 539 g/mol. The van der Waals surface area contributed by atoms with Gasteiger partial charge in [-0.05, 0) is 115 Å². The van der Waals surface area contributed by atoms with Crippen molar-refractivity contribution in [2.24, 2.45) is 22.1 Å². The highest BCUT2D eigenvalue weighted by Crippen LogP contribution is 2.63. The third-order valence-electron chi connectivity index (χ3n) is 9.31. The first-order chi connectivity index (χ1) is 18.7. The average Bonchev–Trinajstić information content (AvgIpc) is 3.26. The maximum absolute atomic E-state index is 7.17. The Kier molecular flexibility index (Phi) is 8.99. The summed E-state index contributed by atoms with van der Waals surface area (Å²) in [7, 11) is 0. The minimum atomic E-state index is -0.403. The highest BCUT2D eigenvalue weighted by atomic mass is 32.2. The van der Waals surface area contributed by atoms with Crippen LogP contribution >= 0.6 is 11.8 Å². The molecule has 1 heterocycles. The topological polar surface area (TPSA) is 38.4 Å². The molecule has 2 nitrogen and oxygen atoms in total. The highest BCUT2D eigenvalue weighted by Gasteiger charge is 2.55. The Balaban J connectivity index is 1.91. The summed E-state index contributed by atoms with van der Waals surface area (Å²) in [5.74, 6) is 3.14. The van der Waals surface area contributed by atoms with E-state index in [1.54, 1.807) is 11.1 Å². The zero-order valence-electron chi connectivity index (χ0n) is 25.0. The number of nitrogens with zero attached hydrogens (tertiary/aromatic N) is 1. The summed E-state index contributed by atoms with van der Waals surface area (Å²) in [6.45, 7) is 15.8. The number of hydrogen-bond acceptors (Lipinski definition) is 3. The van der Waals surface area contributed by atoms with Crippen molar-refractivity contribution in [2.75, 3.05) is 0 Å². The van der Waals surface area contributed by atoms with Gasteiger partial charge in [0.2, 0.25) is 0 Å². The van der Waals surface area contributed by atoms with Crippen molar-refractivity contribution >= 4 is 29.1 Å². The standard InChI is InChI=1S/C36H46N2S/c1-9-17-25(18-10-2)26-20-13-14-21-27(26)29(19-11-3)32-24(5)31-28-22-15-16-23-30(28)33(37)36(8,38-12-4)35(6,7)34(31)39-32/h1,10,12-14,17-21,24,32-33H,11,15-16,22-23,37H2,2-8H3/b18-10-,25-17+,29-19-,38-12-/t24-,32?,33?,36?/m0/s1. The van der Waals surface area contributed by atoms with Crippen molar-refractivity contribution in [3.63, 3.8) is 0 Å². The summed E-state index contributed by atoms with van der Waals surface area (Å²) >= 11 is 2.07. The SMILES string of the molecule is C#C/C=C(\C=C/C)c1ccccc1/C(=C/CC)C1SC2=C(C3=C(CCCC3)C(N)C(C)(/N=C\C)C2(C)C)[C@@H]1C. The molecule has 1 aromatic rings. The molecule has 4 rings (SSSR count). The summed E-state index contributed by atoms with van der Waals surface area (Å²) in [6, 6.07) is 8.69. The number of benzene rings is 1. The lowest BCUT2D eigenvalue weighted by Crippen LogP contribution is -2.55. The van der Waals surface area contributed by atoms with Gasteiger partial charge in [0.15, 0.2) is 0 Å². The number of nitrogens with two attached hydrogens (primary N) is 1. The molecule has 206 valence electrons. The first kappa shape index (κ1) is 29.4. The molecule has 3 unspecified atom stereocenters. The van der Waals surface area contributed by atoms with Crippen molar-refractivity contribution < 1.29 is 0 Å². The van der Waals surface area contributed by atoms with Gasteiger partial charge in [0.25, 0.3) is 0 Å². The minimum absolute atomic E-state index is 0.0699. The van der Waals surface area contributed by atoms with Crippen molar-refractivity contribution in [1.29, 1.82) is 0 Å². The summed E-state index contributed by atoms with van der Waals surface area (Å²) in [5.41, 5.74) is 16.1. The van der Waals surface area contributed by atoms with Gasteiger partial charge in [-0.1, -0.05) is 76.1 Å². The largest absolute Gasteiger partial charge is 0.322 e. The lowest BCUT2D eigenvalue weighted by molar-refractivity contribution is 0.218. The summed E-state index contributed by atoms with van der Waals surface area (Å²) in [4.78, 5) is 6.64. The van der Waals surface area contributed by atoms with Gasteiger partial charge in [0.05, 0.1) is 11.6 Å². The molecule has 0 spiro atoms. The Morgan fingerprint density at radius 1 is 1.15 bits per heavy atom. The van der Waals surface area contributed by atoms with Crippen molar-refractivity contribution in [2.45, 2.75) is 97.4 Å². The number of rotatable bonds is 6. The quantitative estimate of drug-likeness (QED) is 0.223. The molecule has 1 aromatic carbocycles. The van der Waals surface area contributed by atoms with E-state index < -0.39 is 5.54 Å². The monoisotopic (exact) mass is 538 g/mol. The lowest BCUT2D eigenvalue weighted by atomic mass is 9.67. The predicted molar refractivity (Wildman–Crippen MR) is 174 cm³/mol. The van der Waals surface area contributed by atoms with Crippen LogP contribution in [-0.4, -0.2) is 23.0 Å². The van der Waals surface area contributed by atoms with Gasteiger partial charge in [0.1, 0.15) is 0 Å². The summed E-state index contributed by atoms with van der Waals surface area (Å²) in [5, 5.41) is 0.313. The normalized spacial score (nSPS) is 29.6. The third kappa shape index (κ3) is 4.96. The Labute approximate surface area is 241 Å². The van der Waals surface area contributed by atoms with E-state index in [1.165, 1.54) is 40.0 Å². The van der Waals surface area contributed by atoms with E-state index in [2.05, 4.69) is 94.8 Å². The zero-order valence-corrected chi connectivity index (χ0v) is 25.8. The molecule has 0 amide bonds. The van der Waals surface area contributed by atoms with Crippen LogP contribution in [0, 0.1) is 23.7 Å². The maximum atomic E-state index is 7.17. The van der Waals surface area contributed by atoms with Crippen LogP contribution in [0.2, 0.25) is 0 Å². The fourth-order valence-electron chi connectivity index (χ4n) is 7.00. The third-order valence-corrected chi connectivity index (χ3v) is 11.2. The maximum Gasteiger partial charge on any atom is 0.0860 e. The zero-order chi connectivity index (χ0) is 28.4. The molecule has 3 heteroatoms. The van der Waals surface area contributed by atoms with Crippen molar-refractivity contribution in [1.82, 2.24) is 0 Å². The molecule has 2 aliphatic carbocycles. The second kappa shape index (κ2) is 11.9. The second-order valence-corrected chi connectivity index (χ2v) is 12.9. The molecule has 1 aliphatic heterocycles. The predicted octanol–water partition coefficient (Wildman–Crippen LogP) is 9.17. The number of allylic oxidation sites excluding steroid dienone is 7. The van der Waals surface area contributed by atoms with Gasteiger partial charge < -0.3 is 5.73 Å². The molecule has 39 heavy (non-hydrogen) atoms. The Hall–Kier alpha value is -2.54. The van der Waals surface area contributed by atoms with Crippen LogP contribution in [0.4, 0.5) is 0 Å². The van der Waals surface area contributed by atoms with E-state index in [1.807, 2.05) is 26.1 Å². The minimum Gasteiger partial charge on any atom is -0.322 e. The van der Waals surface area contributed by atoms with Crippen molar-refractivity contribution in [3.05, 3.63) is 81.3 Å². The summed E-state index contributed by atoms with van der Waals surface area (Å²) < 4.78 is 0. The van der Waals surface area contributed by atoms with Crippen LogP contribution in [0.5, 0.6) is 0 Å². The van der Waals surface area contributed by atoms with Crippen LogP contribution in [0.3, 0.4) is 0 Å².